The summed E-state index contributed by atoms with van der Waals surface area (Å²) in [7, 11) is 3.06. The maximum absolute atomic E-state index is 13.3. The molecule has 0 spiro atoms. The van der Waals surface area contributed by atoms with E-state index in [4.69, 9.17) is 22.3 Å². The van der Waals surface area contributed by atoms with E-state index in [0.717, 1.165) is 30.2 Å². The molecule has 1 aliphatic rings. The molecule has 2 aromatic carbocycles. The number of primary amides is 1. The molecule has 8 N–H and O–H groups in total. The van der Waals surface area contributed by atoms with E-state index in [9.17, 15) is 9.59 Å². The molecular weight excluding hydrogens is 442 g/mol. The second-order valence-corrected chi connectivity index (χ2v) is 8.76. The standard InChI is InChI=1S/C22H29N7O3S/c1-29(25)22(27-24)33-19-10-8-15(28-32-2)12-17(19)21(31)26-18-9-7-14(11-16(18)20(23)30)13-5-3-4-6-13/h7-13,28H,3-6,24-25H2,1-2H3,(H2,23,30)(H,26,31)/b27-22+. The predicted octanol–water partition coefficient (Wildman–Crippen LogP) is 2.80. The molecule has 0 bridgehead atoms. The SMILES string of the molecule is CONc1ccc(S/C(=N/N)N(C)N)c(C(=O)Nc2ccc(C3CCCC3)cc2C(N)=O)c1. The van der Waals surface area contributed by atoms with Crippen molar-refractivity contribution in [1.29, 1.82) is 0 Å². The van der Waals surface area contributed by atoms with E-state index in [1.807, 2.05) is 6.07 Å². The Kier molecular flexibility index (Phi) is 8.15. The number of hydrogen-bond acceptors (Lipinski definition) is 8. The maximum atomic E-state index is 13.3. The Morgan fingerprint density at radius 3 is 2.48 bits per heavy atom. The largest absolute Gasteiger partial charge is 0.366 e. The number of benzene rings is 2. The van der Waals surface area contributed by atoms with Crippen LogP contribution < -0.4 is 28.2 Å². The van der Waals surface area contributed by atoms with Crippen molar-refractivity contribution >= 4 is 40.1 Å². The highest BCUT2D eigenvalue weighted by Crippen LogP contribution is 2.36. The molecule has 0 atom stereocenters. The van der Waals surface area contributed by atoms with Gasteiger partial charge in [0, 0.05) is 11.9 Å². The van der Waals surface area contributed by atoms with Gasteiger partial charge >= 0.3 is 0 Å². The van der Waals surface area contributed by atoms with Gasteiger partial charge in [0.15, 0.2) is 0 Å². The smallest absolute Gasteiger partial charge is 0.256 e. The molecule has 1 aliphatic carbocycles. The first-order valence-corrected chi connectivity index (χ1v) is 11.3. The molecule has 0 heterocycles. The monoisotopic (exact) mass is 471 g/mol. The minimum absolute atomic E-state index is 0.277. The highest BCUT2D eigenvalue weighted by molar-refractivity contribution is 8.13. The number of amidine groups is 1. The number of anilines is 2. The maximum Gasteiger partial charge on any atom is 0.256 e. The van der Waals surface area contributed by atoms with Crippen LogP contribution in [0.1, 0.15) is 57.9 Å². The molecular formula is C22H29N7O3S. The number of hydrazone groups is 1. The van der Waals surface area contributed by atoms with Gasteiger partial charge in [-0.3, -0.25) is 24.9 Å². The van der Waals surface area contributed by atoms with E-state index in [-0.39, 0.29) is 5.56 Å². The molecule has 0 saturated heterocycles. The van der Waals surface area contributed by atoms with Crippen molar-refractivity contribution < 1.29 is 14.4 Å². The van der Waals surface area contributed by atoms with E-state index < -0.39 is 11.8 Å². The molecule has 2 amide bonds. The Morgan fingerprint density at radius 2 is 1.88 bits per heavy atom. The zero-order valence-corrected chi connectivity index (χ0v) is 19.4. The van der Waals surface area contributed by atoms with Crippen molar-refractivity contribution in [3.8, 4) is 0 Å². The molecule has 176 valence electrons. The summed E-state index contributed by atoms with van der Waals surface area (Å²) in [6.45, 7) is 0. The lowest BCUT2D eigenvalue weighted by Crippen LogP contribution is -2.32. The minimum atomic E-state index is -0.600. The fraction of sp³-hybridized carbons (Fsp3) is 0.318. The highest BCUT2D eigenvalue weighted by atomic mass is 32.2. The van der Waals surface area contributed by atoms with Crippen LogP contribution in [0.3, 0.4) is 0 Å². The number of hydrazine groups is 1. The summed E-state index contributed by atoms with van der Waals surface area (Å²) >= 11 is 1.12. The molecule has 0 aliphatic heterocycles. The Hall–Kier alpha value is -3.28. The summed E-state index contributed by atoms with van der Waals surface area (Å²) in [5.41, 5.74) is 10.9. The Morgan fingerprint density at radius 1 is 1.15 bits per heavy atom. The minimum Gasteiger partial charge on any atom is -0.366 e. The van der Waals surface area contributed by atoms with Gasteiger partial charge in [-0.15, -0.1) is 0 Å². The Bertz CT molecular complexity index is 1050. The van der Waals surface area contributed by atoms with Gasteiger partial charge in [0.2, 0.25) is 5.17 Å². The van der Waals surface area contributed by atoms with Crippen LogP contribution in [0.15, 0.2) is 46.4 Å². The quantitative estimate of drug-likeness (QED) is 0.135. The lowest BCUT2D eigenvalue weighted by molar-refractivity contribution is 0.100. The molecule has 0 radical (unpaired) electrons. The Balaban J connectivity index is 1.93. The van der Waals surface area contributed by atoms with Crippen LogP contribution in [-0.4, -0.2) is 36.1 Å². The van der Waals surface area contributed by atoms with Crippen LogP contribution in [0.2, 0.25) is 0 Å². The Labute approximate surface area is 196 Å². The molecule has 2 aromatic rings. The van der Waals surface area contributed by atoms with Crippen LogP contribution in [0.4, 0.5) is 11.4 Å². The molecule has 3 rings (SSSR count). The van der Waals surface area contributed by atoms with Crippen LogP contribution in [0.5, 0.6) is 0 Å². The number of carbonyl (C=O) groups is 2. The van der Waals surface area contributed by atoms with Crippen LogP contribution in [0.25, 0.3) is 0 Å². The highest BCUT2D eigenvalue weighted by Gasteiger charge is 2.22. The van der Waals surface area contributed by atoms with Crippen molar-refractivity contribution in [2.75, 3.05) is 25.0 Å². The van der Waals surface area contributed by atoms with Crippen LogP contribution >= 0.6 is 11.8 Å². The zero-order valence-electron chi connectivity index (χ0n) is 18.6. The molecule has 33 heavy (non-hydrogen) atoms. The van der Waals surface area contributed by atoms with Gasteiger partial charge in [-0.25, -0.2) is 5.84 Å². The third kappa shape index (κ3) is 5.95. The van der Waals surface area contributed by atoms with Crippen molar-refractivity contribution in [1.82, 2.24) is 5.01 Å². The van der Waals surface area contributed by atoms with E-state index in [2.05, 4.69) is 15.9 Å². The number of nitrogens with one attached hydrogen (secondary N) is 2. The first kappa shape index (κ1) is 24.4. The predicted molar refractivity (Wildman–Crippen MR) is 131 cm³/mol. The average molecular weight is 472 g/mol. The molecule has 1 fully saturated rings. The number of hydrogen-bond donors (Lipinski definition) is 5. The molecule has 0 aromatic heterocycles. The topological polar surface area (TPSA) is 161 Å². The summed E-state index contributed by atoms with van der Waals surface area (Å²) in [6.07, 6.45) is 4.52. The first-order valence-electron chi connectivity index (χ1n) is 10.5. The van der Waals surface area contributed by atoms with E-state index >= 15 is 0 Å². The summed E-state index contributed by atoms with van der Waals surface area (Å²) in [5.74, 6) is 10.6. The second-order valence-electron chi connectivity index (χ2n) is 7.75. The van der Waals surface area contributed by atoms with Gasteiger partial charge in [0.25, 0.3) is 11.8 Å². The van der Waals surface area contributed by atoms with Crippen molar-refractivity contribution in [2.45, 2.75) is 36.5 Å². The lowest BCUT2D eigenvalue weighted by atomic mass is 9.95. The molecule has 11 heteroatoms. The molecule has 1 saturated carbocycles. The second kappa shape index (κ2) is 11.0. The number of rotatable bonds is 7. The van der Waals surface area contributed by atoms with Gasteiger partial charge in [-0.1, -0.05) is 18.9 Å². The summed E-state index contributed by atoms with van der Waals surface area (Å²) in [4.78, 5) is 31.0. The summed E-state index contributed by atoms with van der Waals surface area (Å²) in [6, 6.07) is 10.5. The third-order valence-electron chi connectivity index (χ3n) is 5.44. The van der Waals surface area contributed by atoms with Crippen molar-refractivity contribution in [3.63, 3.8) is 0 Å². The van der Waals surface area contributed by atoms with Crippen LogP contribution in [0, 0.1) is 0 Å². The van der Waals surface area contributed by atoms with Gasteiger partial charge in [0.05, 0.1) is 29.6 Å². The molecule has 0 unspecified atom stereocenters. The van der Waals surface area contributed by atoms with Crippen molar-refractivity contribution in [2.24, 2.45) is 22.5 Å². The fourth-order valence-corrected chi connectivity index (χ4v) is 4.63. The number of nitrogens with two attached hydrogens (primary N) is 3. The van der Waals surface area contributed by atoms with E-state index in [1.54, 1.807) is 37.4 Å². The van der Waals surface area contributed by atoms with Crippen molar-refractivity contribution in [3.05, 3.63) is 53.1 Å². The molecule has 10 nitrogen and oxygen atoms in total. The van der Waals surface area contributed by atoms with E-state index in [0.29, 0.717) is 32.9 Å². The number of nitrogens with zero attached hydrogens (tertiary/aromatic N) is 2. The fourth-order valence-electron chi connectivity index (χ4n) is 3.84. The average Bonchev–Trinajstić information content (AvgIpc) is 3.33. The van der Waals surface area contributed by atoms with Gasteiger partial charge in [-0.05, 0) is 66.4 Å². The normalized spacial score (nSPS) is 14.2. The third-order valence-corrected chi connectivity index (χ3v) is 6.59. The van der Waals surface area contributed by atoms with Crippen LogP contribution in [-0.2, 0) is 4.84 Å². The number of thioether (sulfide) groups is 1. The number of amides is 2. The zero-order chi connectivity index (χ0) is 24.0. The first-order chi connectivity index (χ1) is 15.8. The van der Waals surface area contributed by atoms with Gasteiger partial charge in [0.1, 0.15) is 0 Å². The summed E-state index contributed by atoms with van der Waals surface area (Å²) in [5, 5.41) is 8.03. The number of carbonyl (C=O) groups excluding carboxylic acids is 2. The van der Waals surface area contributed by atoms with Gasteiger partial charge < -0.3 is 16.9 Å². The van der Waals surface area contributed by atoms with Gasteiger partial charge in [-0.2, -0.15) is 5.10 Å². The lowest BCUT2D eigenvalue weighted by Gasteiger charge is -2.17. The van der Waals surface area contributed by atoms with E-state index in [1.165, 1.54) is 25.0 Å². The summed E-state index contributed by atoms with van der Waals surface area (Å²) < 4.78 is 0.